The van der Waals surface area contributed by atoms with Crippen molar-refractivity contribution >= 4 is 17.5 Å². The average Bonchev–Trinajstić information content (AvgIpc) is 2.69. The predicted octanol–water partition coefficient (Wildman–Crippen LogP) is 4.19. The van der Waals surface area contributed by atoms with Crippen LogP contribution in [0.15, 0.2) is 72.8 Å². The molecule has 2 amide bonds. The van der Waals surface area contributed by atoms with Crippen LogP contribution < -0.4 is 10.6 Å². The Morgan fingerprint density at radius 1 is 0.750 bits per heavy atom. The quantitative estimate of drug-likeness (QED) is 0.674. The topological polar surface area (TPSA) is 58.2 Å². The Bertz CT molecular complexity index is 971. The van der Waals surface area contributed by atoms with Gasteiger partial charge < -0.3 is 10.6 Å². The molecule has 0 radical (unpaired) electrons. The number of halogens is 2. The van der Waals surface area contributed by atoms with Crippen LogP contribution in [0.5, 0.6) is 0 Å². The molecule has 142 valence electrons. The van der Waals surface area contributed by atoms with Gasteiger partial charge in [-0.15, -0.1) is 0 Å². The molecule has 0 bridgehead atoms. The molecule has 3 aromatic rings. The Morgan fingerprint density at radius 3 is 2.11 bits per heavy atom. The summed E-state index contributed by atoms with van der Waals surface area (Å²) in [5.74, 6) is -3.29. The molecule has 4 nitrogen and oxygen atoms in total. The predicted molar refractivity (Wildman–Crippen MR) is 103 cm³/mol. The lowest BCUT2D eigenvalue weighted by Crippen LogP contribution is -2.27. The second-order valence-electron chi connectivity index (χ2n) is 6.09. The molecule has 0 saturated carbocycles. The number of rotatable bonds is 6. The van der Waals surface area contributed by atoms with Crippen molar-refractivity contribution in [1.29, 1.82) is 0 Å². The molecular weight excluding hydrogens is 362 g/mol. The van der Waals surface area contributed by atoms with Gasteiger partial charge in [-0.25, -0.2) is 8.78 Å². The number of carbonyl (C=O) groups is 2. The number of amides is 2. The first-order chi connectivity index (χ1) is 13.6. The van der Waals surface area contributed by atoms with Gasteiger partial charge in [0.2, 0.25) is 0 Å². The van der Waals surface area contributed by atoms with Gasteiger partial charge in [-0.3, -0.25) is 9.59 Å². The number of carbonyl (C=O) groups excluding carboxylic acids is 2. The van der Waals surface area contributed by atoms with Crippen LogP contribution in [-0.4, -0.2) is 18.4 Å². The van der Waals surface area contributed by atoms with Crippen LogP contribution in [0.2, 0.25) is 0 Å². The maximum Gasteiger partial charge on any atom is 0.261 e. The van der Waals surface area contributed by atoms with Crippen LogP contribution in [0.1, 0.15) is 26.3 Å². The summed E-state index contributed by atoms with van der Waals surface area (Å²) in [7, 11) is 0. The summed E-state index contributed by atoms with van der Waals surface area (Å²) in [5.41, 5.74) is 0.772. The van der Waals surface area contributed by atoms with Crippen LogP contribution in [0, 0.1) is 11.6 Å². The lowest BCUT2D eigenvalue weighted by atomic mass is 10.1. The molecule has 6 heteroatoms. The fraction of sp³-hybridized carbons (Fsp3) is 0.0909. The van der Waals surface area contributed by atoms with E-state index >= 15 is 0 Å². The molecule has 0 heterocycles. The number of anilines is 1. The zero-order chi connectivity index (χ0) is 19.9. The summed E-state index contributed by atoms with van der Waals surface area (Å²) in [5, 5.41) is 5.20. The van der Waals surface area contributed by atoms with Gasteiger partial charge >= 0.3 is 0 Å². The molecule has 0 atom stereocenters. The van der Waals surface area contributed by atoms with E-state index < -0.39 is 23.1 Å². The summed E-state index contributed by atoms with van der Waals surface area (Å²) >= 11 is 0. The molecule has 0 aliphatic carbocycles. The molecular formula is C22H18F2N2O2. The summed E-state index contributed by atoms with van der Waals surface area (Å²) in [6.07, 6.45) is 0.654. The van der Waals surface area contributed by atoms with Crippen molar-refractivity contribution in [3.8, 4) is 0 Å². The highest BCUT2D eigenvalue weighted by molar-refractivity contribution is 6.09. The highest BCUT2D eigenvalue weighted by Crippen LogP contribution is 2.19. The molecule has 2 N–H and O–H groups in total. The Labute approximate surface area is 161 Å². The maximum absolute atomic E-state index is 13.8. The smallest absolute Gasteiger partial charge is 0.261 e. The maximum atomic E-state index is 13.8. The van der Waals surface area contributed by atoms with Crippen LogP contribution in [0.4, 0.5) is 14.5 Å². The number of hydrogen-bond donors (Lipinski definition) is 2. The van der Waals surface area contributed by atoms with E-state index in [1.54, 1.807) is 12.1 Å². The summed E-state index contributed by atoms with van der Waals surface area (Å²) < 4.78 is 27.6. The fourth-order valence-corrected chi connectivity index (χ4v) is 2.75. The number of para-hydroxylation sites is 1. The van der Waals surface area contributed by atoms with Gasteiger partial charge in [-0.2, -0.15) is 0 Å². The lowest BCUT2D eigenvalue weighted by molar-refractivity contribution is 0.0955. The second-order valence-corrected chi connectivity index (χ2v) is 6.09. The Balaban J connectivity index is 1.70. The monoisotopic (exact) mass is 380 g/mol. The molecule has 0 fully saturated rings. The molecule has 0 aromatic heterocycles. The fourth-order valence-electron chi connectivity index (χ4n) is 2.75. The molecule has 0 aliphatic heterocycles. The van der Waals surface area contributed by atoms with E-state index in [1.165, 1.54) is 18.2 Å². The molecule has 0 aliphatic rings. The van der Waals surface area contributed by atoms with E-state index in [4.69, 9.17) is 0 Å². The van der Waals surface area contributed by atoms with E-state index in [-0.39, 0.29) is 17.2 Å². The van der Waals surface area contributed by atoms with Gasteiger partial charge in [0.15, 0.2) is 0 Å². The zero-order valence-electron chi connectivity index (χ0n) is 14.9. The van der Waals surface area contributed by atoms with Crippen molar-refractivity contribution in [1.82, 2.24) is 5.32 Å². The summed E-state index contributed by atoms with van der Waals surface area (Å²) in [4.78, 5) is 24.8. The highest BCUT2D eigenvalue weighted by atomic mass is 19.1. The van der Waals surface area contributed by atoms with Crippen molar-refractivity contribution < 1.29 is 18.4 Å². The lowest BCUT2D eigenvalue weighted by Gasteiger charge is -2.12. The number of benzene rings is 3. The average molecular weight is 380 g/mol. The van der Waals surface area contributed by atoms with Crippen LogP contribution in [0.3, 0.4) is 0 Å². The molecule has 3 rings (SSSR count). The van der Waals surface area contributed by atoms with Gasteiger partial charge in [0.25, 0.3) is 11.8 Å². The minimum Gasteiger partial charge on any atom is -0.352 e. The SMILES string of the molecule is O=C(NCCc1ccccc1)c1ccccc1NC(=O)c1c(F)cccc1F. The van der Waals surface area contributed by atoms with Crippen LogP contribution in [-0.2, 0) is 6.42 Å². The van der Waals surface area contributed by atoms with E-state index in [0.717, 1.165) is 17.7 Å². The van der Waals surface area contributed by atoms with E-state index in [0.29, 0.717) is 13.0 Å². The number of nitrogens with one attached hydrogen (secondary N) is 2. The van der Waals surface area contributed by atoms with Crippen molar-refractivity contribution in [3.63, 3.8) is 0 Å². The molecule has 3 aromatic carbocycles. The first-order valence-electron chi connectivity index (χ1n) is 8.73. The minimum atomic E-state index is -0.970. The first kappa shape index (κ1) is 19.2. The largest absolute Gasteiger partial charge is 0.352 e. The van der Waals surface area contributed by atoms with Crippen molar-refractivity contribution in [3.05, 3.63) is 101 Å². The van der Waals surface area contributed by atoms with Crippen LogP contribution >= 0.6 is 0 Å². The van der Waals surface area contributed by atoms with Gasteiger partial charge in [0.05, 0.1) is 11.3 Å². The Kier molecular flexibility index (Phi) is 6.11. The minimum absolute atomic E-state index is 0.173. The normalized spacial score (nSPS) is 10.4. The summed E-state index contributed by atoms with van der Waals surface area (Å²) in [6, 6.07) is 19.2. The van der Waals surface area contributed by atoms with Gasteiger partial charge in [-0.1, -0.05) is 48.5 Å². The molecule has 0 spiro atoms. The van der Waals surface area contributed by atoms with Crippen LogP contribution in [0.25, 0.3) is 0 Å². The highest BCUT2D eigenvalue weighted by Gasteiger charge is 2.19. The van der Waals surface area contributed by atoms with Crippen molar-refractivity contribution in [2.24, 2.45) is 0 Å². The third-order valence-electron chi connectivity index (χ3n) is 4.15. The third kappa shape index (κ3) is 4.59. The first-order valence-corrected chi connectivity index (χ1v) is 8.73. The van der Waals surface area contributed by atoms with Gasteiger partial charge in [0.1, 0.15) is 17.2 Å². The molecule has 0 unspecified atom stereocenters. The number of hydrogen-bond acceptors (Lipinski definition) is 2. The Morgan fingerprint density at radius 2 is 1.39 bits per heavy atom. The van der Waals surface area contributed by atoms with Crippen molar-refractivity contribution in [2.45, 2.75) is 6.42 Å². The van der Waals surface area contributed by atoms with E-state index in [2.05, 4.69) is 10.6 Å². The summed E-state index contributed by atoms with van der Waals surface area (Å²) in [6.45, 7) is 0.410. The van der Waals surface area contributed by atoms with Crippen molar-refractivity contribution in [2.75, 3.05) is 11.9 Å². The van der Waals surface area contributed by atoms with Gasteiger partial charge in [0, 0.05) is 6.54 Å². The van der Waals surface area contributed by atoms with E-state index in [9.17, 15) is 18.4 Å². The van der Waals surface area contributed by atoms with E-state index in [1.807, 2.05) is 30.3 Å². The Hall–Kier alpha value is -3.54. The standard InChI is InChI=1S/C22H18F2N2O2/c23-17-10-6-11-18(24)20(17)22(28)26-19-12-5-4-9-16(19)21(27)25-14-13-15-7-2-1-3-8-15/h1-12H,13-14H2,(H,25,27)(H,26,28). The second kappa shape index (κ2) is 8.90. The molecule has 0 saturated heterocycles. The molecule has 28 heavy (non-hydrogen) atoms. The van der Waals surface area contributed by atoms with Gasteiger partial charge in [-0.05, 0) is 36.2 Å². The zero-order valence-corrected chi connectivity index (χ0v) is 14.9. The third-order valence-corrected chi connectivity index (χ3v) is 4.15.